The van der Waals surface area contributed by atoms with Crippen LogP contribution in [0.25, 0.3) is 0 Å². The smallest absolute Gasteiger partial charge is 0.224 e. The van der Waals surface area contributed by atoms with E-state index in [1.165, 1.54) is 0 Å². The van der Waals surface area contributed by atoms with Crippen molar-refractivity contribution < 1.29 is 0 Å². The lowest BCUT2D eigenvalue weighted by molar-refractivity contribution is 0.606. The van der Waals surface area contributed by atoms with Crippen LogP contribution in [-0.2, 0) is 0 Å². The van der Waals surface area contributed by atoms with Gasteiger partial charge in [0.2, 0.25) is 5.95 Å². The molecule has 1 heterocycles. The number of hydrogen-bond acceptors (Lipinski definition) is 4. The summed E-state index contributed by atoms with van der Waals surface area (Å²) >= 11 is 0. The van der Waals surface area contributed by atoms with Crippen LogP contribution in [0.4, 0.5) is 11.8 Å². The molecule has 1 rings (SSSR count). The molecule has 0 amide bonds. The van der Waals surface area contributed by atoms with Crippen molar-refractivity contribution in [3.8, 4) is 0 Å². The van der Waals surface area contributed by atoms with Crippen molar-refractivity contribution in [2.24, 2.45) is 5.92 Å². The molecule has 1 aromatic heterocycles. The Bertz CT molecular complexity index is 323. The first-order valence-corrected chi connectivity index (χ1v) is 5.95. The number of aromatic nitrogens is 2. The van der Waals surface area contributed by atoms with Gasteiger partial charge in [0.1, 0.15) is 5.82 Å². The molecule has 1 aromatic rings. The van der Waals surface area contributed by atoms with Gasteiger partial charge in [0, 0.05) is 24.8 Å². The van der Waals surface area contributed by atoms with Crippen molar-refractivity contribution in [1.29, 1.82) is 0 Å². The van der Waals surface area contributed by atoms with Gasteiger partial charge < -0.3 is 10.6 Å². The van der Waals surface area contributed by atoms with Gasteiger partial charge in [-0.25, -0.2) is 4.98 Å². The fraction of sp³-hybridized carbons (Fsp3) is 0.667. The molecule has 4 nitrogen and oxygen atoms in total. The van der Waals surface area contributed by atoms with Crippen LogP contribution in [-0.4, -0.2) is 23.1 Å². The fourth-order valence-electron chi connectivity index (χ4n) is 1.39. The number of nitrogens with one attached hydrogen (secondary N) is 2. The lowest BCUT2D eigenvalue weighted by Crippen LogP contribution is -2.09. The predicted molar refractivity (Wildman–Crippen MR) is 68.9 cm³/mol. The highest BCUT2D eigenvalue weighted by molar-refractivity contribution is 5.41. The maximum Gasteiger partial charge on any atom is 0.224 e. The van der Waals surface area contributed by atoms with E-state index in [9.17, 15) is 0 Å². The summed E-state index contributed by atoms with van der Waals surface area (Å²) in [6.45, 7) is 10.3. The minimum absolute atomic E-state index is 0.703. The Labute approximate surface area is 97.9 Å². The van der Waals surface area contributed by atoms with Crippen LogP contribution < -0.4 is 10.6 Å². The van der Waals surface area contributed by atoms with E-state index in [0.717, 1.165) is 31.0 Å². The average molecular weight is 222 g/mol. The summed E-state index contributed by atoms with van der Waals surface area (Å²) in [5.41, 5.74) is 0.984. The second-order valence-corrected chi connectivity index (χ2v) is 4.36. The normalized spacial score (nSPS) is 10.6. The van der Waals surface area contributed by atoms with Gasteiger partial charge in [-0.1, -0.05) is 13.8 Å². The molecular weight excluding hydrogens is 200 g/mol. The lowest BCUT2D eigenvalue weighted by atomic mass is 10.1. The maximum atomic E-state index is 4.39. The average Bonchev–Trinajstić information content (AvgIpc) is 2.16. The first kappa shape index (κ1) is 12.7. The molecule has 0 aliphatic carbocycles. The Kier molecular flexibility index (Phi) is 5.02. The Hall–Kier alpha value is -1.32. The standard InChI is InChI=1S/C12H22N4/c1-5-13-12-15-10(4)8-11(16-12)14-7-6-9(2)3/h8-9H,5-7H2,1-4H3,(H2,13,14,15,16). The predicted octanol–water partition coefficient (Wildman–Crippen LogP) is 2.67. The van der Waals surface area contributed by atoms with Crippen LogP contribution in [0.3, 0.4) is 0 Å². The van der Waals surface area contributed by atoms with Crippen LogP contribution in [0.15, 0.2) is 6.07 Å². The van der Waals surface area contributed by atoms with Gasteiger partial charge in [-0.05, 0) is 26.2 Å². The van der Waals surface area contributed by atoms with Crippen LogP contribution in [0.5, 0.6) is 0 Å². The highest BCUT2D eigenvalue weighted by Gasteiger charge is 2.01. The zero-order valence-corrected chi connectivity index (χ0v) is 10.7. The summed E-state index contributed by atoms with van der Waals surface area (Å²) in [7, 11) is 0. The molecule has 0 bridgehead atoms. The second kappa shape index (κ2) is 6.30. The van der Waals surface area contributed by atoms with E-state index in [1.807, 2.05) is 19.9 Å². The second-order valence-electron chi connectivity index (χ2n) is 4.36. The van der Waals surface area contributed by atoms with Crippen LogP contribution in [0, 0.1) is 12.8 Å². The molecular formula is C12H22N4. The number of hydrogen-bond donors (Lipinski definition) is 2. The molecule has 0 aliphatic heterocycles. The van der Waals surface area contributed by atoms with Gasteiger partial charge in [-0.15, -0.1) is 0 Å². The quantitative estimate of drug-likeness (QED) is 0.777. The van der Waals surface area contributed by atoms with E-state index in [-0.39, 0.29) is 0 Å². The highest BCUT2D eigenvalue weighted by Crippen LogP contribution is 2.10. The van der Waals surface area contributed by atoms with E-state index < -0.39 is 0 Å². The minimum Gasteiger partial charge on any atom is -0.370 e. The third kappa shape index (κ3) is 4.47. The van der Waals surface area contributed by atoms with E-state index in [0.29, 0.717) is 11.9 Å². The summed E-state index contributed by atoms with van der Waals surface area (Å²) in [5, 5.41) is 6.45. The molecule has 0 atom stereocenters. The molecule has 0 saturated heterocycles. The topological polar surface area (TPSA) is 49.8 Å². The molecule has 0 fully saturated rings. The summed E-state index contributed by atoms with van der Waals surface area (Å²) in [6.07, 6.45) is 1.15. The van der Waals surface area contributed by atoms with Gasteiger partial charge in [0.05, 0.1) is 0 Å². The van der Waals surface area contributed by atoms with Gasteiger partial charge in [0.15, 0.2) is 0 Å². The monoisotopic (exact) mass is 222 g/mol. The summed E-state index contributed by atoms with van der Waals surface area (Å²) in [4.78, 5) is 8.69. The van der Waals surface area contributed by atoms with Crippen LogP contribution in [0.2, 0.25) is 0 Å². The van der Waals surface area contributed by atoms with Crippen molar-refractivity contribution in [2.75, 3.05) is 23.7 Å². The molecule has 2 N–H and O–H groups in total. The van der Waals surface area contributed by atoms with Gasteiger partial charge in [0.25, 0.3) is 0 Å². The largest absolute Gasteiger partial charge is 0.370 e. The Morgan fingerprint density at radius 1 is 1.25 bits per heavy atom. The maximum absolute atomic E-state index is 4.39. The van der Waals surface area contributed by atoms with Crippen molar-refractivity contribution in [3.05, 3.63) is 11.8 Å². The molecule has 0 unspecified atom stereocenters. The number of aryl methyl sites for hydroxylation is 1. The molecule has 90 valence electrons. The van der Waals surface area contributed by atoms with Gasteiger partial charge >= 0.3 is 0 Å². The Morgan fingerprint density at radius 2 is 2.00 bits per heavy atom. The number of nitrogens with zero attached hydrogens (tertiary/aromatic N) is 2. The van der Waals surface area contributed by atoms with E-state index in [1.54, 1.807) is 0 Å². The number of anilines is 2. The summed E-state index contributed by atoms with van der Waals surface area (Å²) in [5.74, 6) is 2.32. The van der Waals surface area contributed by atoms with Crippen LogP contribution >= 0.6 is 0 Å². The van der Waals surface area contributed by atoms with Crippen molar-refractivity contribution in [3.63, 3.8) is 0 Å². The fourth-order valence-corrected chi connectivity index (χ4v) is 1.39. The zero-order chi connectivity index (χ0) is 12.0. The summed E-state index contributed by atoms with van der Waals surface area (Å²) in [6, 6.07) is 1.97. The zero-order valence-electron chi connectivity index (χ0n) is 10.7. The molecule has 0 saturated carbocycles. The SMILES string of the molecule is CCNc1nc(C)cc(NCCC(C)C)n1. The molecule has 0 aliphatic rings. The first-order valence-electron chi connectivity index (χ1n) is 5.95. The molecule has 16 heavy (non-hydrogen) atoms. The van der Waals surface area contributed by atoms with Crippen molar-refractivity contribution in [2.45, 2.75) is 34.1 Å². The van der Waals surface area contributed by atoms with E-state index in [2.05, 4.69) is 34.4 Å². The molecule has 0 aromatic carbocycles. The Balaban J connectivity index is 2.58. The third-order valence-electron chi connectivity index (χ3n) is 2.22. The lowest BCUT2D eigenvalue weighted by Gasteiger charge is -2.10. The number of rotatable bonds is 6. The minimum atomic E-state index is 0.703. The molecule has 0 spiro atoms. The first-order chi connectivity index (χ1) is 7.61. The van der Waals surface area contributed by atoms with Gasteiger partial charge in [-0.2, -0.15) is 4.98 Å². The third-order valence-corrected chi connectivity index (χ3v) is 2.22. The van der Waals surface area contributed by atoms with E-state index >= 15 is 0 Å². The Morgan fingerprint density at radius 3 is 2.62 bits per heavy atom. The molecule has 0 radical (unpaired) electrons. The summed E-state index contributed by atoms with van der Waals surface area (Å²) < 4.78 is 0. The van der Waals surface area contributed by atoms with Crippen molar-refractivity contribution in [1.82, 2.24) is 9.97 Å². The van der Waals surface area contributed by atoms with E-state index in [4.69, 9.17) is 0 Å². The van der Waals surface area contributed by atoms with Crippen LogP contribution in [0.1, 0.15) is 32.9 Å². The van der Waals surface area contributed by atoms with Crippen molar-refractivity contribution >= 4 is 11.8 Å². The highest BCUT2D eigenvalue weighted by atomic mass is 15.1. The molecule has 4 heteroatoms. The van der Waals surface area contributed by atoms with Gasteiger partial charge in [-0.3, -0.25) is 0 Å².